The highest BCUT2D eigenvalue weighted by Crippen LogP contribution is 2.24. The first kappa shape index (κ1) is 13.7. The zero-order valence-corrected chi connectivity index (χ0v) is 10.9. The predicted molar refractivity (Wildman–Crippen MR) is 66.5 cm³/mol. The highest BCUT2D eigenvalue weighted by molar-refractivity contribution is 5.79. The lowest BCUT2D eigenvalue weighted by Crippen LogP contribution is -2.44. The quantitative estimate of drug-likeness (QED) is 0.737. The molecule has 0 radical (unpaired) electrons. The minimum Gasteiger partial charge on any atom is -0.467 e. The maximum absolute atomic E-state index is 11.7. The van der Waals surface area contributed by atoms with Gasteiger partial charge in [-0.05, 0) is 18.4 Å². The molecule has 0 bridgehead atoms. The number of methoxy groups -OCH3 is 1. The molecule has 0 N–H and O–H groups in total. The van der Waals surface area contributed by atoms with Crippen LogP contribution in [0.3, 0.4) is 0 Å². The van der Waals surface area contributed by atoms with Gasteiger partial charge in [-0.15, -0.1) is 0 Å². The van der Waals surface area contributed by atoms with Crippen LogP contribution in [0.2, 0.25) is 0 Å². The van der Waals surface area contributed by atoms with E-state index in [0.717, 1.165) is 5.56 Å². The van der Waals surface area contributed by atoms with Crippen LogP contribution in [0, 0.1) is 5.92 Å². The van der Waals surface area contributed by atoms with Crippen molar-refractivity contribution in [3.8, 4) is 0 Å². The third-order valence-corrected chi connectivity index (χ3v) is 3.07. The lowest BCUT2D eigenvalue weighted by atomic mass is 9.92. The molecule has 3 heteroatoms. The molecule has 0 saturated carbocycles. The number of hydrogen-bond donors (Lipinski definition) is 0. The fraction of sp³-hybridized carbons (Fsp3) is 0.500. The van der Waals surface area contributed by atoms with E-state index >= 15 is 0 Å². The van der Waals surface area contributed by atoms with Crippen LogP contribution < -0.4 is 0 Å². The summed E-state index contributed by atoms with van der Waals surface area (Å²) in [5, 5.41) is 0. The molecule has 1 aromatic rings. The molecule has 0 heterocycles. The SMILES string of the molecule is COC(=O)[C@@](C)(OCc1ccccc1)C(C)C. The second-order valence-corrected chi connectivity index (χ2v) is 4.53. The predicted octanol–water partition coefficient (Wildman–Crippen LogP) is 2.79. The van der Waals surface area contributed by atoms with Crippen molar-refractivity contribution in [3.63, 3.8) is 0 Å². The van der Waals surface area contributed by atoms with E-state index in [1.54, 1.807) is 6.92 Å². The van der Waals surface area contributed by atoms with Crippen LogP contribution in [0.15, 0.2) is 30.3 Å². The first-order valence-electron chi connectivity index (χ1n) is 5.77. The zero-order chi connectivity index (χ0) is 12.9. The number of rotatable bonds is 5. The summed E-state index contributed by atoms with van der Waals surface area (Å²) in [4.78, 5) is 11.7. The third kappa shape index (κ3) is 3.30. The Balaban J connectivity index is 2.72. The summed E-state index contributed by atoms with van der Waals surface area (Å²) >= 11 is 0. The van der Waals surface area contributed by atoms with Gasteiger partial charge >= 0.3 is 5.97 Å². The molecule has 1 rings (SSSR count). The monoisotopic (exact) mass is 236 g/mol. The van der Waals surface area contributed by atoms with Crippen LogP contribution in [0.1, 0.15) is 26.3 Å². The van der Waals surface area contributed by atoms with E-state index in [1.165, 1.54) is 7.11 Å². The molecule has 3 nitrogen and oxygen atoms in total. The Morgan fingerprint density at radius 3 is 2.35 bits per heavy atom. The van der Waals surface area contributed by atoms with Gasteiger partial charge in [0.05, 0.1) is 13.7 Å². The zero-order valence-electron chi connectivity index (χ0n) is 10.9. The molecule has 0 amide bonds. The number of hydrogen-bond acceptors (Lipinski definition) is 3. The van der Waals surface area contributed by atoms with Crippen LogP contribution in [0.4, 0.5) is 0 Å². The van der Waals surface area contributed by atoms with E-state index in [-0.39, 0.29) is 11.9 Å². The molecule has 0 aliphatic carbocycles. The Kier molecular flexibility index (Phi) is 4.70. The van der Waals surface area contributed by atoms with Gasteiger partial charge in [0.2, 0.25) is 0 Å². The second-order valence-electron chi connectivity index (χ2n) is 4.53. The number of carbonyl (C=O) groups is 1. The lowest BCUT2D eigenvalue weighted by Gasteiger charge is -2.30. The summed E-state index contributed by atoms with van der Waals surface area (Å²) in [7, 11) is 1.38. The van der Waals surface area contributed by atoms with Crippen molar-refractivity contribution in [1.82, 2.24) is 0 Å². The van der Waals surface area contributed by atoms with Crippen molar-refractivity contribution in [2.24, 2.45) is 5.92 Å². The Hall–Kier alpha value is -1.35. The highest BCUT2D eigenvalue weighted by atomic mass is 16.6. The van der Waals surface area contributed by atoms with Crippen LogP contribution in [0.5, 0.6) is 0 Å². The van der Waals surface area contributed by atoms with E-state index in [9.17, 15) is 4.79 Å². The molecule has 0 aliphatic rings. The largest absolute Gasteiger partial charge is 0.467 e. The van der Waals surface area contributed by atoms with Gasteiger partial charge in [0.15, 0.2) is 5.60 Å². The van der Waals surface area contributed by atoms with Crippen LogP contribution in [-0.2, 0) is 20.9 Å². The molecule has 17 heavy (non-hydrogen) atoms. The van der Waals surface area contributed by atoms with Gasteiger partial charge in [-0.25, -0.2) is 4.79 Å². The van der Waals surface area contributed by atoms with Crippen LogP contribution in [0.25, 0.3) is 0 Å². The third-order valence-electron chi connectivity index (χ3n) is 3.07. The minimum atomic E-state index is -0.898. The van der Waals surface area contributed by atoms with Crippen LogP contribution >= 0.6 is 0 Å². The van der Waals surface area contributed by atoms with Crippen molar-refractivity contribution in [2.45, 2.75) is 33.0 Å². The molecule has 0 fully saturated rings. The van der Waals surface area contributed by atoms with E-state index < -0.39 is 5.60 Å². The first-order chi connectivity index (χ1) is 8.00. The van der Waals surface area contributed by atoms with Crippen molar-refractivity contribution < 1.29 is 14.3 Å². The van der Waals surface area contributed by atoms with Gasteiger partial charge in [-0.2, -0.15) is 0 Å². The van der Waals surface area contributed by atoms with Crippen LogP contribution in [-0.4, -0.2) is 18.7 Å². The Labute approximate surface area is 103 Å². The van der Waals surface area contributed by atoms with Crippen molar-refractivity contribution in [1.29, 1.82) is 0 Å². The minimum absolute atomic E-state index is 0.0543. The van der Waals surface area contributed by atoms with Crippen molar-refractivity contribution in [2.75, 3.05) is 7.11 Å². The fourth-order valence-corrected chi connectivity index (χ4v) is 1.47. The van der Waals surface area contributed by atoms with Gasteiger partial charge in [-0.3, -0.25) is 0 Å². The highest BCUT2D eigenvalue weighted by Gasteiger charge is 2.38. The van der Waals surface area contributed by atoms with Crippen molar-refractivity contribution in [3.05, 3.63) is 35.9 Å². The van der Waals surface area contributed by atoms with E-state index in [1.807, 2.05) is 44.2 Å². The van der Waals surface area contributed by atoms with Gasteiger partial charge in [0.1, 0.15) is 0 Å². The van der Waals surface area contributed by atoms with E-state index in [4.69, 9.17) is 9.47 Å². The maximum atomic E-state index is 11.7. The average molecular weight is 236 g/mol. The summed E-state index contributed by atoms with van der Waals surface area (Å²) in [5.74, 6) is -0.276. The van der Waals surface area contributed by atoms with Gasteiger partial charge < -0.3 is 9.47 Å². The molecule has 94 valence electrons. The normalized spacial score (nSPS) is 14.4. The molecular formula is C14H20O3. The maximum Gasteiger partial charge on any atom is 0.338 e. The summed E-state index contributed by atoms with van der Waals surface area (Å²) < 4.78 is 10.6. The Bertz CT molecular complexity index is 359. The molecule has 0 spiro atoms. The lowest BCUT2D eigenvalue weighted by molar-refractivity contribution is -0.175. The molecule has 0 aliphatic heterocycles. The number of benzene rings is 1. The topological polar surface area (TPSA) is 35.5 Å². The molecule has 1 atom stereocenters. The summed E-state index contributed by atoms with van der Waals surface area (Å²) in [6.07, 6.45) is 0. The number of carbonyl (C=O) groups excluding carboxylic acids is 1. The fourth-order valence-electron chi connectivity index (χ4n) is 1.47. The number of esters is 1. The number of ether oxygens (including phenoxy) is 2. The molecule has 1 aromatic carbocycles. The summed E-state index contributed by atoms with van der Waals surface area (Å²) in [6, 6.07) is 9.79. The standard InChI is InChI=1S/C14H20O3/c1-11(2)14(3,13(15)16-4)17-10-12-8-6-5-7-9-12/h5-9,11H,10H2,1-4H3/t14-/m0/s1. The summed E-state index contributed by atoms with van der Waals surface area (Å²) in [5.41, 5.74) is 0.146. The van der Waals surface area contributed by atoms with Crippen molar-refractivity contribution >= 4 is 5.97 Å². The first-order valence-corrected chi connectivity index (χ1v) is 5.77. The Morgan fingerprint density at radius 1 is 1.29 bits per heavy atom. The molecule has 0 unspecified atom stereocenters. The van der Waals surface area contributed by atoms with E-state index in [2.05, 4.69) is 0 Å². The van der Waals surface area contributed by atoms with Gasteiger partial charge in [-0.1, -0.05) is 44.2 Å². The smallest absolute Gasteiger partial charge is 0.338 e. The van der Waals surface area contributed by atoms with Gasteiger partial charge in [0, 0.05) is 0 Å². The molecule has 0 aromatic heterocycles. The molecule has 0 saturated heterocycles. The molecular weight excluding hydrogens is 216 g/mol. The van der Waals surface area contributed by atoms with E-state index in [0.29, 0.717) is 6.61 Å². The Morgan fingerprint density at radius 2 is 1.88 bits per heavy atom. The summed E-state index contributed by atoms with van der Waals surface area (Å²) in [6.45, 7) is 6.07. The average Bonchev–Trinajstić information content (AvgIpc) is 2.35. The second kappa shape index (κ2) is 5.82. The van der Waals surface area contributed by atoms with Gasteiger partial charge in [0.25, 0.3) is 0 Å².